The Balaban J connectivity index is 1.87. The molecule has 216 valence electrons. The number of aliphatic hydroxyl groups excluding tert-OH is 2. The lowest BCUT2D eigenvalue weighted by molar-refractivity contribution is -0.139. The van der Waals surface area contributed by atoms with Crippen molar-refractivity contribution >= 4 is 11.9 Å². The second-order valence-corrected chi connectivity index (χ2v) is 10.1. The third-order valence-corrected chi connectivity index (χ3v) is 6.47. The molecule has 0 saturated heterocycles. The number of carboxylic acids is 1. The highest BCUT2D eigenvalue weighted by Gasteiger charge is 2.26. The van der Waals surface area contributed by atoms with Crippen molar-refractivity contribution in [3.8, 4) is 5.69 Å². The predicted octanol–water partition coefficient (Wildman–Crippen LogP) is 4.12. The number of carbonyl (C=O) groups is 2. The van der Waals surface area contributed by atoms with E-state index in [0.29, 0.717) is 36.6 Å². The van der Waals surface area contributed by atoms with Gasteiger partial charge in [0.05, 0.1) is 30.9 Å². The summed E-state index contributed by atoms with van der Waals surface area (Å²) in [4.78, 5) is 24.3. The van der Waals surface area contributed by atoms with Gasteiger partial charge in [-0.3, -0.25) is 9.59 Å². The van der Waals surface area contributed by atoms with Crippen LogP contribution in [0.15, 0.2) is 48.5 Å². The van der Waals surface area contributed by atoms with Crippen LogP contribution in [0.4, 0.5) is 4.39 Å². The molecule has 0 aliphatic carbocycles. The van der Waals surface area contributed by atoms with Gasteiger partial charge >= 0.3 is 5.97 Å². The fourth-order valence-electron chi connectivity index (χ4n) is 4.61. The molecule has 0 fully saturated rings. The van der Waals surface area contributed by atoms with Crippen LogP contribution in [0.1, 0.15) is 78.8 Å². The zero-order valence-electron chi connectivity index (χ0n) is 23.1. The van der Waals surface area contributed by atoms with Crippen molar-refractivity contribution in [2.24, 2.45) is 0 Å². The Morgan fingerprint density at radius 1 is 1.07 bits per heavy atom. The smallest absolute Gasteiger partial charge is 0.305 e. The molecule has 9 nitrogen and oxygen atoms in total. The Labute approximate surface area is 233 Å². The van der Waals surface area contributed by atoms with Crippen LogP contribution in [-0.4, -0.2) is 55.8 Å². The Kier molecular flexibility index (Phi) is 11.4. The predicted molar refractivity (Wildman–Crippen MR) is 148 cm³/mol. The molecule has 10 heteroatoms. The standard InChI is InChI=1S/C30H38FN3O6/c1-4-40-18-21-7-5-6-20(14-21)17-32-30(39)29-28(19(2)3)26(13-12-24(35)15-25(36)16-27(37)38)34(33-29)23-10-8-22(31)9-11-23/h5-11,14,19,24-25,35-36H,4,12-13,15-18H2,1-3H3,(H,32,39)(H,37,38). The molecule has 2 aromatic carbocycles. The Morgan fingerprint density at radius 2 is 1.77 bits per heavy atom. The zero-order chi connectivity index (χ0) is 29.2. The Hall–Kier alpha value is -3.60. The van der Waals surface area contributed by atoms with Gasteiger partial charge in [-0.15, -0.1) is 0 Å². The van der Waals surface area contributed by atoms with Crippen molar-refractivity contribution in [2.75, 3.05) is 6.61 Å². The molecule has 0 spiro atoms. The number of amides is 1. The molecule has 1 heterocycles. The molecule has 40 heavy (non-hydrogen) atoms. The molecule has 4 N–H and O–H groups in total. The molecule has 0 aliphatic rings. The molecule has 2 atom stereocenters. The molecule has 0 saturated carbocycles. The lowest BCUT2D eigenvalue weighted by Gasteiger charge is -2.16. The summed E-state index contributed by atoms with van der Waals surface area (Å²) in [6, 6.07) is 13.5. The zero-order valence-corrected chi connectivity index (χ0v) is 23.1. The second-order valence-electron chi connectivity index (χ2n) is 10.1. The van der Waals surface area contributed by atoms with Gasteiger partial charge in [-0.1, -0.05) is 38.1 Å². The number of nitrogens with zero attached hydrogens (tertiary/aromatic N) is 2. The molecule has 1 aromatic heterocycles. The Bertz CT molecular complexity index is 1270. The molecule has 0 radical (unpaired) electrons. The molecule has 3 aromatic rings. The first-order valence-corrected chi connectivity index (χ1v) is 13.5. The summed E-state index contributed by atoms with van der Waals surface area (Å²) < 4.78 is 20.7. The largest absolute Gasteiger partial charge is 0.481 e. The number of aromatic nitrogens is 2. The number of hydrogen-bond donors (Lipinski definition) is 4. The highest BCUT2D eigenvalue weighted by Crippen LogP contribution is 2.28. The lowest BCUT2D eigenvalue weighted by Crippen LogP contribution is -2.25. The van der Waals surface area contributed by atoms with Crippen molar-refractivity contribution in [3.05, 3.63) is 82.4 Å². The highest BCUT2D eigenvalue weighted by molar-refractivity contribution is 5.94. The number of aliphatic hydroxyl groups is 2. The van der Waals surface area contributed by atoms with Crippen LogP contribution >= 0.6 is 0 Å². The van der Waals surface area contributed by atoms with E-state index in [1.807, 2.05) is 45.0 Å². The van der Waals surface area contributed by atoms with Gasteiger partial charge in [0.2, 0.25) is 0 Å². The van der Waals surface area contributed by atoms with Crippen LogP contribution in [0.25, 0.3) is 5.69 Å². The van der Waals surface area contributed by atoms with Crippen LogP contribution in [-0.2, 0) is 29.1 Å². The number of hydrogen-bond acceptors (Lipinski definition) is 6. The van der Waals surface area contributed by atoms with Gasteiger partial charge in [-0.05, 0) is 67.5 Å². The van der Waals surface area contributed by atoms with Gasteiger partial charge in [0.1, 0.15) is 5.82 Å². The fourth-order valence-corrected chi connectivity index (χ4v) is 4.61. The normalized spacial score (nSPS) is 12.9. The van der Waals surface area contributed by atoms with E-state index in [1.54, 1.807) is 16.8 Å². The molecule has 0 aliphatic heterocycles. The summed E-state index contributed by atoms with van der Waals surface area (Å²) in [5.74, 6) is -2.02. The monoisotopic (exact) mass is 555 g/mol. The summed E-state index contributed by atoms with van der Waals surface area (Å²) in [5.41, 5.74) is 4.09. The minimum Gasteiger partial charge on any atom is -0.481 e. The molecular formula is C30H38FN3O6. The van der Waals surface area contributed by atoms with Crippen molar-refractivity contribution in [3.63, 3.8) is 0 Å². The SMILES string of the molecule is CCOCc1cccc(CNC(=O)c2nn(-c3ccc(F)cc3)c(CCC(O)CC(O)CC(=O)O)c2C(C)C)c1. The third-order valence-electron chi connectivity index (χ3n) is 6.47. The number of nitrogens with one attached hydrogen (secondary N) is 1. The number of halogens is 1. The first-order chi connectivity index (χ1) is 19.1. The first-order valence-electron chi connectivity index (χ1n) is 13.5. The van der Waals surface area contributed by atoms with E-state index in [2.05, 4.69) is 10.4 Å². The van der Waals surface area contributed by atoms with Gasteiger partial charge in [-0.2, -0.15) is 5.10 Å². The lowest BCUT2D eigenvalue weighted by atomic mass is 9.95. The summed E-state index contributed by atoms with van der Waals surface area (Å²) in [5, 5.41) is 36.9. The van der Waals surface area contributed by atoms with Gasteiger partial charge in [0, 0.05) is 24.4 Å². The maximum absolute atomic E-state index is 13.7. The molecule has 3 rings (SSSR count). The van der Waals surface area contributed by atoms with Crippen LogP contribution < -0.4 is 5.32 Å². The number of carbonyl (C=O) groups excluding carboxylic acids is 1. The van der Waals surface area contributed by atoms with Crippen molar-refractivity contribution in [1.82, 2.24) is 15.1 Å². The van der Waals surface area contributed by atoms with Crippen molar-refractivity contribution in [2.45, 2.75) is 77.7 Å². The van der Waals surface area contributed by atoms with Crippen LogP contribution in [0.5, 0.6) is 0 Å². The fraction of sp³-hybridized carbons (Fsp3) is 0.433. The maximum atomic E-state index is 13.7. The summed E-state index contributed by atoms with van der Waals surface area (Å²) >= 11 is 0. The number of benzene rings is 2. The van der Waals surface area contributed by atoms with E-state index in [9.17, 15) is 24.2 Å². The van der Waals surface area contributed by atoms with Crippen LogP contribution in [0.2, 0.25) is 0 Å². The molecular weight excluding hydrogens is 517 g/mol. The average Bonchev–Trinajstić information content (AvgIpc) is 3.29. The summed E-state index contributed by atoms with van der Waals surface area (Å²) in [6.45, 7) is 7.19. The molecule has 0 bridgehead atoms. The number of carboxylic acid groups (broad SMARTS) is 1. The van der Waals surface area contributed by atoms with Gasteiger partial charge in [0.25, 0.3) is 5.91 Å². The average molecular weight is 556 g/mol. The van der Waals surface area contributed by atoms with E-state index in [1.165, 1.54) is 12.1 Å². The van der Waals surface area contributed by atoms with E-state index in [-0.39, 0.29) is 36.9 Å². The van der Waals surface area contributed by atoms with E-state index in [0.717, 1.165) is 11.1 Å². The maximum Gasteiger partial charge on any atom is 0.305 e. The van der Waals surface area contributed by atoms with Crippen molar-refractivity contribution < 1.29 is 34.0 Å². The quantitative estimate of drug-likeness (QED) is 0.222. The number of ether oxygens (including phenoxy) is 1. The Morgan fingerprint density at radius 3 is 2.42 bits per heavy atom. The number of rotatable bonds is 15. The van der Waals surface area contributed by atoms with Crippen LogP contribution in [0.3, 0.4) is 0 Å². The number of aliphatic carboxylic acids is 1. The topological polar surface area (TPSA) is 134 Å². The van der Waals surface area contributed by atoms with E-state index >= 15 is 0 Å². The molecule has 1 amide bonds. The van der Waals surface area contributed by atoms with Crippen LogP contribution in [0, 0.1) is 5.82 Å². The first kappa shape index (κ1) is 30.9. The third kappa shape index (κ3) is 8.70. The minimum atomic E-state index is -1.17. The molecule has 2 unspecified atom stereocenters. The minimum absolute atomic E-state index is 0.0936. The summed E-state index contributed by atoms with van der Waals surface area (Å²) in [6.07, 6.45) is -2.19. The summed E-state index contributed by atoms with van der Waals surface area (Å²) in [7, 11) is 0. The van der Waals surface area contributed by atoms with Gasteiger partial charge < -0.3 is 25.4 Å². The van der Waals surface area contributed by atoms with Crippen molar-refractivity contribution in [1.29, 1.82) is 0 Å². The van der Waals surface area contributed by atoms with E-state index in [4.69, 9.17) is 9.84 Å². The van der Waals surface area contributed by atoms with Gasteiger partial charge in [-0.25, -0.2) is 9.07 Å². The highest BCUT2D eigenvalue weighted by atomic mass is 19.1. The van der Waals surface area contributed by atoms with Gasteiger partial charge in [0.15, 0.2) is 5.69 Å². The van der Waals surface area contributed by atoms with E-state index < -0.39 is 30.4 Å². The second kappa shape index (κ2) is 14.7.